The average Bonchev–Trinajstić information content (AvgIpc) is 3.07. The maximum absolute atomic E-state index is 13.3. The molecular formula is C25H21ClFN3O2S. The molecule has 3 aromatic rings. The van der Waals surface area contributed by atoms with Crippen LogP contribution in [0.4, 0.5) is 15.8 Å². The molecule has 1 aliphatic rings. The van der Waals surface area contributed by atoms with E-state index in [1.165, 1.54) is 23.9 Å². The maximum Gasteiger partial charge on any atom is 0.242 e. The fraction of sp³-hybridized carbons (Fsp3) is 0.160. The second-order valence-corrected chi connectivity index (χ2v) is 9.18. The molecule has 1 saturated heterocycles. The largest absolute Gasteiger partial charge is 0.326 e. The van der Waals surface area contributed by atoms with Crippen LogP contribution in [0.25, 0.3) is 0 Å². The van der Waals surface area contributed by atoms with Crippen molar-refractivity contribution in [3.63, 3.8) is 0 Å². The molecule has 2 amide bonds. The quantitative estimate of drug-likeness (QED) is 0.473. The number of nitrogens with zero attached hydrogens (tertiary/aromatic N) is 2. The van der Waals surface area contributed by atoms with E-state index in [-0.39, 0.29) is 24.1 Å². The lowest BCUT2D eigenvalue weighted by Gasteiger charge is -2.16. The van der Waals surface area contributed by atoms with Crippen molar-refractivity contribution in [3.05, 3.63) is 94.8 Å². The Balaban J connectivity index is 1.53. The predicted octanol–water partition coefficient (Wildman–Crippen LogP) is 5.95. The minimum absolute atomic E-state index is 0.0112. The molecule has 33 heavy (non-hydrogen) atoms. The smallest absolute Gasteiger partial charge is 0.242 e. The molecule has 0 bridgehead atoms. The van der Waals surface area contributed by atoms with Crippen LogP contribution in [-0.4, -0.2) is 27.1 Å². The van der Waals surface area contributed by atoms with Gasteiger partial charge in [-0.15, -0.1) is 0 Å². The molecule has 4 rings (SSSR count). The van der Waals surface area contributed by atoms with E-state index in [1.807, 2.05) is 43.3 Å². The molecular weight excluding hydrogens is 461 g/mol. The summed E-state index contributed by atoms with van der Waals surface area (Å²) in [6.45, 7) is 2.21. The monoisotopic (exact) mass is 481 g/mol. The van der Waals surface area contributed by atoms with Gasteiger partial charge in [-0.3, -0.25) is 14.5 Å². The summed E-state index contributed by atoms with van der Waals surface area (Å²) >= 11 is 7.37. The van der Waals surface area contributed by atoms with Gasteiger partial charge >= 0.3 is 0 Å². The average molecular weight is 482 g/mol. The van der Waals surface area contributed by atoms with Crippen molar-refractivity contribution in [2.45, 2.75) is 25.1 Å². The van der Waals surface area contributed by atoms with Crippen LogP contribution < -0.4 is 5.32 Å². The number of benzene rings is 3. The van der Waals surface area contributed by atoms with E-state index in [0.29, 0.717) is 28.1 Å². The molecule has 3 aromatic carbocycles. The molecule has 0 saturated carbocycles. The van der Waals surface area contributed by atoms with Gasteiger partial charge < -0.3 is 5.32 Å². The minimum atomic E-state index is -0.617. The van der Waals surface area contributed by atoms with Crippen LogP contribution in [0.15, 0.2) is 77.8 Å². The number of aliphatic imine (C=N–C) groups is 1. The Morgan fingerprint density at radius 1 is 1.12 bits per heavy atom. The number of hydrogen-bond donors (Lipinski definition) is 1. The molecule has 168 valence electrons. The number of carbonyl (C=O) groups is 2. The summed E-state index contributed by atoms with van der Waals surface area (Å²) in [5.41, 5.74) is 2.96. The van der Waals surface area contributed by atoms with Crippen LogP contribution in [0.3, 0.4) is 0 Å². The number of amides is 2. The molecule has 5 nitrogen and oxygen atoms in total. The van der Waals surface area contributed by atoms with E-state index in [0.717, 1.165) is 11.1 Å². The second-order valence-electron chi connectivity index (χ2n) is 7.60. The topological polar surface area (TPSA) is 61.8 Å². The van der Waals surface area contributed by atoms with Gasteiger partial charge in [0.2, 0.25) is 11.8 Å². The highest BCUT2D eigenvalue weighted by Crippen LogP contribution is 2.33. The molecule has 1 fully saturated rings. The molecule has 1 heterocycles. The number of thioether (sulfide) groups is 1. The van der Waals surface area contributed by atoms with E-state index >= 15 is 0 Å². The molecule has 1 N–H and O–H groups in total. The first-order valence-electron chi connectivity index (χ1n) is 10.3. The summed E-state index contributed by atoms with van der Waals surface area (Å²) < 4.78 is 13.3. The Morgan fingerprint density at radius 2 is 1.85 bits per heavy atom. The number of halogens is 2. The number of aryl methyl sites for hydroxylation is 1. The third-order valence-electron chi connectivity index (χ3n) is 5.08. The zero-order valence-corrected chi connectivity index (χ0v) is 19.4. The Bertz CT molecular complexity index is 1200. The van der Waals surface area contributed by atoms with Crippen LogP contribution in [0, 0.1) is 12.7 Å². The Hall–Kier alpha value is -3.16. The zero-order valence-electron chi connectivity index (χ0n) is 17.8. The van der Waals surface area contributed by atoms with E-state index in [9.17, 15) is 14.0 Å². The van der Waals surface area contributed by atoms with Gasteiger partial charge in [-0.2, -0.15) is 0 Å². The number of amidine groups is 1. The Kier molecular flexibility index (Phi) is 7.11. The normalized spacial score (nSPS) is 16.9. The lowest BCUT2D eigenvalue weighted by molar-refractivity contribution is -0.128. The van der Waals surface area contributed by atoms with Crippen LogP contribution in [0.5, 0.6) is 0 Å². The molecule has 0 radical (unpaired) electrons. The van der Waals surface area contributed by atoms with Crippen molar-refractivity contribution in [2.75, 3.05) is 5.32 Å². The van der Waals surface area contributed by atoms with E-state index in [1.54, 1.807) is 29.2 Å². The number of anilines is 1. The van der Waals surface area contributed by atoms with Gasteiger partial charge in [-0.05, 0) is 54.4 Å². The molecule has 1 atom stereocenters. The van der Waals surface area contributed by atoms with Crippen molar-refractivity contribution >= 4 is 51.7 Å². The fourth-order valence-electron chi connectivity index (χ4n) is 3.31. The molecule has 0 spiro atoms. The third-order valence-corrected chi connectivity index (χ3v) is 6.66. The zero-order chi connectivity index (χ0) is 23.4. The summed E-state index contributed by atoms with van der Waals surface area (Å²) in [5.74, 6) is -0.841. The van der Waals surface area contributed by atoms with Gasteiger partial charge in [0.15, 0.2) is 5.17 Å². The van der Waals surface area contributed by atoms with Gasteiger partial charge in [0.1, 0.15) is 11.1 Å². The number of hydrogen-bond acceptors (Lipinski definition) is 4. The Morgan fingerprint density at radius 3 is 2.55 bits per heavy atom. The van der Waals surface area contributed by atoms with Gasteiger partial charge in [-0.25, -0.2) is 9.38 Å². The van der Waals surface area contributed by atoms with Crippen LogP contribution in [0.1, 0.15) is 17.5 Å². The highest BCUT2D eigenvalue weighted by Gasteiger charge is 2.39. The third kappa shape index (κ3) is 5.80. The van der Waals surface area contributed by atoms with Crippen LogP contribution in [0.2, 0.25) is 5.02 Å². The highest BCUT2D eigenvalue weighted by atomic mass is 35.5. The van der Waals surface area contributed by atoms with Crippen LogP contribution >= 0.6 is 23.4 Å². The highest BCUT2D eigenvalue weighted by molar-refractivity contribution is 8.15. The van der Waals surface area contributed by atoms with Crippen molar-refractivity contribution in [2.24, 2.45) is 4.99 Å². The fourth-order valence-corrected chi connectivity index (χ4v) is 4.65. The predicted molar refractivity (Wildman–Crippen MR) is 131 cm³/mol. The minimum Gasteiger partial charge on any atom is -0.326 e. The van der Waals surface area contributed by atoms with Gasteiger partial charge in [-0.1, -0.05) is 59.8 Å². The molecule has 0 aromatic heterocycles. The lowest BCUT2D eigenvalue weighted by Crippen LogP contribution is -2.33. The maximum atomic E-state index is 13.3. The Labute approximate surface area is 200 Å². The first-order chi connectivity index (χ1) is 15.9. The SMILES string of the molecule is Cc1ccc(NC(=O)C[C@@H]2SC(=Nc3ccc(F)cc3)N(Cc3ccccc3)C2=O)cc1Cl. The van der Waals surface area contributed by atoms with E-state index in [4.69, 9.17) is 11.6 Å². The molecule has 0 aliphatic carbocycles. The van der Waals surface area contributed by atoms with Crippen molar-refractivity contribution < 1.29 is 14.0 Å². The molecule has 1 aliphatic heterocycles. The number of nitrogens with one attached hydrogen (secondary N) is 1. The molecule has 0 unspecified atom stereocenters. The first-order valence-corrected chi connectivity index (χ1v) is 11.6. The summed E-state index contributed by atoms with van der Waals surface area (Å²) in [4.78, 5) is 32.0. The van der Waals surface area contributed by atoms with E-state index in [2.05, 4.69) is 10.3 Å². The summed E-state index contributed by atoms with van der Waals surface area (Å²) in [6.07, 6.45) is -0.0112. The van der Waals surface area contributed by atoms with Gasteiger partial charge in [0, 0.05) is 17.1 Å². The van der Waals surface area contributed by atoms with Gasteiger partial charge in [0.25, 0.3) is 0 Å². The summed E-state index contributed by atoms with van der Waals surface area (Å²) in [5, 5.41) is 3.22. The second kappa shape index (κ2) is 10.2. The summed E-state index contributed by atoms with van der Waals surface area (Å²) in [7, 11) is 0. The summed E-state index contributed by atoms with van der Waals surface area (Å²) in [6, 6.07) is 20.6. The first kappa shape index (κ1) is 23.0. The lowest BCUT2D eigenvalue weighted by atomic mass is 10.2. The van der Waals surface area contributed by atoms with Gasteiger partial charge in [0.05, 0.1) is 12.2 Å². The standard InChI is InChI=1S/C25H21ClFN3O2S/c1-16-7-10-20(13-21(16)26)28-23(31)14-22-24(32)30(15-17-5-3-2-4-6-17)25(33-22)29-19-11-8-18(27)9-12-19/h2-13,22H,14-15H2,1H3,(H,28,31)/t22-/m0/s1. The van der Waals surface area contributed by atoms with Crippen molar-refractivity contribution in [3.8, 4) is 0 Å². The molecule has 8 heteroatoms. The van der Waals surface area contributed by atoms with Crippen molar-refractivity contribution in [1.82, 2.24) is 4.90 Å². The van der Waals surface area contributed by atoms with E-state index < -0.39 is 5.25 Å². The van der Waals surface area contributed by atoms with Crippen molar-refractivity contribution in [1.29, 1.82) is 0 Å². The number of carbonyl (C=O) groups excluding carboxylic acids is 2. The number of rotatable bonds is 6. The van der Waals surface area contributed by atoms with Crippen LogP contribution in [-0.2, 0) is 16.1 Å².